The summed E-state index contributed by atoms with van der Waals surface area (Å²) in [7, 11) is 3.92. The Morgan fingerprint density at radius 3 is 2.55 bits per heavy atom. The minimum atomic E-state index is -0.291. The Kier molecular flexibility index (Phi) is 7.83. The molecule has 2 aromatic heterocycles. The molecule has 2 amide bonds. The Labute approximate surface area is 224 Å². The second kappa shape index (κ2) is 11.3. The number of nitrogens with zero attached hydrogens (tertiary/aromatic N) is 7. The number of carbonyl (C=O) groups is 2. The molecule has 0 radical (unpaired) electrons. The highest BCUT2D eigenvalue weighted by atomic mass is 16.6. The van der Waals surface area contributed by atoms with Gasteiger partial charge in [-0.05, 0) is 45.7 Å². The van der Waals surface area contributed by atoms with Crippen molar-refractivity contribution in [2.45, 2.75) is 69.9 Å². The maximum absolute atomic E-state index is 12.8. The van der Waals surface area contributed by atoms with Gasteiger partial charge < -0.3 is 24.8 Å². The van der Waals surface area contributed by atoms with Gasteiger partial charge in [0.25, 0.3) is 0 Å². The standard InChI is InChI=1S/C27H40N8O3/c1-18(2)22-16-28-26-25(30-24(19-7-8-19)31-35(22)26)29-20-9-13-33(14-10-20)27(37)38-21-11-15-34(17-21)23(36)6-5-12-32(3)4/h5-6,16,18-21H,7-15,17H2,1-4H3,(H,29,30,31)/b6-5+/t21-/m0/s1. The van der Waals surface area contributed by atoms with Crippen molar-refractivity contribution in [1.82, 2.24) is 34.3 Å². The van der Waals surface area contributed by atoms with Crippen molar-refractivity contribution >= 4 is 23.5 Å². The van der Waals surface area contributed by atoms with E-state index in [1.54, 1.807) is 15.9 Å². The fourth-order valence-electron chi connectivity index (χ4n) is 5.03. The Balaban J connectivity index is 1.13. The smallest absolute Gasteiger partial charge is 0.410 e. The number of amides is 2. The summed E-state index contributed by atoms with van der Waals surface area (Å²) in [5.41, 5.74) is 1.85. The van der Waals surface area contributed by atoms with Crippen LogP contribution in [0.2, 0.25) is 0 Å². The number of likely N-dealkylation sites (N-methyl/N-ethyl adjacent to an activating group) is 1. The number of ether oxygens (including phenoxy) is 1. The molecule has 3 aliphatic rings. The Hall–Kier alpha value is -3.21. The van der Waals surface area contributed by atoms with Gasteiger partial charge in [-0.25, -0.2) is 19.3 Å². The van der Waals surface area contributed by atoms with E-state index in [0.717, 1.165) is 48.7 Å². The molecule has 3 fully saturated rings. The molecule has 5 rings (SSSR count). The highest BCUT2D eigenvalue weighted by molar-refractivity contribution is 5.87. The van der Waals surface area contributed by atoms with Crippen LogP contribution in [0, 0.1) is 0 Å². The van der Waals surface area contributed by atoms with Crippen LogP contribution >= 0.6 is 0 Å². The molecule has 0 aromatic carbocycles. The zero-order chi connectivity index (χ0) is 26.8. The summed E-state index contributed by atoms with van der Waals surface area (Å²) >= 11 is 0. The molecule has 11 nitrogen and oxygen atoms in total. The predicted octanol–water partition coefficient (Wildman–Crippen LogP) is 2.86. The van der Waals surface area contributed by atoms with E-state index in [-0.39, 0.29) is 24.1 Å². The summed E-state index contributed by atoms with van der Waals surface area (Å²) in [4.78, 5) is 40.2. The number of carbonyl (C=O) groups excluding carboxylic acids is 2. The lowest BCUT2D eigenvalue weighted by Crippen LogP contribution is -2.44. The van der Waals surface area contributed by atoms with Crippen molar-refractivity contribution in [2.75, 3.05) is 52.1 Å². The van der Waals surface area contributed by atoms with Crippen LogP contribution < -0.4 is 5.32 Å². The number of rotatable bonds is 8. The van der Waals surface area contributed by atoms with E-state index < -0.39 is 0 Å². The summed E-state index contributed by atoms with van der Waals surface area (Å²) < 4.78 is 7.72. The number of hydrogen-bond acceptors (Lipinski definition) is 8. The van der Waals surface area contributed by atoms with E-state index in [2.05, 4.69) is 24.1 Å². The highest BCUT2D eigenvalue weighted by Gasteiger charge is 2.32. The largest absolute Gasteiger partial charge is 0.444 e. The molecule has 2 aliphatic heterocycles. The zero-order valence-corrected chi connectivity index (χ0v) is 23.0. The summed E-state index contributed by atoms with van der Waals surface area (Å²) in [6.07, 6.45) is 9.36. The molecular formula is C27H40N8O3. The number of hydrogen-bond donors (Lipinski definition) is 1. The van der Waals surface area contributed by atoms with Crippen molar-refractivity contribution in [3.8, 4) is 0 Å². The maximum Gasteiger partial charge on any atom is 0.410 e. The van der Waals surface area contributed by atoms with Gasteiger partial charge in [0, 0.05) is 50.6 Å². The molecule has 0 bridgehead atoms. The van der Waals surface area contributed by atoms with Crippen LogP contribution in [0.15, 0.2) is 18.3 Å². The number of piperidine rings is 1. The molecule has 206 valence electrons. The zero-order valence-electron chi connectivity index (χ0n) is 23.0. The average molecular weight is 525 g/mol. The van der Waals surface area contributed by atoms with Gasteiger partial charge in [-0.15, -0.1) is 0 Å². The van der Waals surface area contributed by atoms with Gasteiger partial charge in [0.15, 0.2) is 17.3 Å². The number of likely N-dealkylation sites (tertiary alicyclic amines) is 2. The summed E-state index contributed by atoms with van der Waals surface area (Å²) in [6, 6.07) is 0.192. The number of nitrogens with one attached hydrogen (secondary N) is 1. The Bertz CT molecular complexity index is 1180. The first-order valence-electron chi connectivity index (χ1n) is 13.9. The van der Waals surface area contributed by atoms with Gasteiger partial charge in [-0.3, -0.25) is 4.79 Å². The van der Waals surface area contributed by atoms with E-state index >= 15 is 0 Å². The lowest BCUT2D eigenvalue weighted by atomic mass is 10.1. The van der Waals surface area contributed by atoms with Crippen LogP contribution in [0.1, 0.15) is 69.3 Å². The minimum absolute atomic E-state index is 0.0287. The lowest BCUT2D eigenvalue weighted by Gasteiger charge is -2.32. The first-order chi connectivity index (χ1) is 18.3. The van der Waals surface area contributed by atoms with Crippen LogP contribution in [0.5, 0.6) is 0 Å². The van der Waals surface area contributed by atoms with Gasteiger partial charge >= 0.3 is 6.09 Å². The normalized spacial score (nSPS) is 20.8. The van der Waals surface area contributed by atoms with E-state index in [0.29, 0.717) is 51.0 Å². The molecule has 2 saturated heterocycles. The highest BCUT2D eigenvalue weighted by Crippen LogP contribution is 2.39. The Morgan fingerprint density at radius 1 is 1.13 bits per heavy atom. The third-order valence-corrected chi connectivity index (χ3v) is 7.49. The molecule has 1 N–H and O–H groups in total. The van der Waals surface area contributed by atoms with Crippen LogP contribution in [0.4, 0.5) is 10.6 Å². The van der Waals surface area contributed by atoms with Crippen molar-refractivity contribution in [3.05, 3.63) is 29.9 Å². The van der Waals surface area contributed by atoms with Crippen LogP contribution in [0.3, 0.4) is 0 Å². The molecular weight excluding hydrogens is 484 g/mol. The maximum atomic E-state index is 12.8. The number of fused-ring (bicyclic) bond motifs is 1. The average Bonchev–Trinajstić information content (AvgIpc) is 3.47. The minimum Gasteiger partial charge on any atom is -0.444 e. The molecule has 1 aliphatic carbocycles. The third kappa shape index (κ3) is 6.09. The van der Waals surface area contributed by atoms with Gasteiger partial charge in [0.05, 0.1) is 18.4 Å². The quantitative estimate of drug-likeness (QED) is 0.525. The number of aromatic nitrogens is 4. The van der Waals surface area contributed by atoms with Crippen molar-refractivity contribution in [2.24, 2.45) is 0 Å². The van der Waals surface area contributed by atoms with Crippen LogP contribution in [-0.4, -0.2) is 105 Å². The van der Waals surface area contributed by atoms with E-state index in [9.17, 15) is 9.59 Å². The lowest BCUT2D eigenvalue weighted by molar-refractivity contribution is -0.125. The summed E-state index contributed by atoms with van der Waals surface area (Å²) in [6.45, 7) is 7.29. The van der Waals surface area contributed by atoms with Crippen molar-refractivity contribution in [3.63, 3.8) is 0 Å². The van der Waals surface area contributed by atoms with Crippen molar-refractivity contribution < 1.29 is 14.3 Å². The first-order valence-corrected chi connectivity index (χ1v) is 13.9. The second-order valence-electron chi connectivity index (χ2n) is 11.3. The fourth-order valence-corrected chi connectivity index (χ4v) is 5.03. The van der Waals surface area contributed by atoms with Gasteiger partial charge in [-0.1, -0.05) is 19.9 Å². The SMILES string of the molecule is CC(C)c1cnc2c(NC3CCN(C(=O)O[C@H]4CCN(C(=O)/C=C/CN(C)C)C4)CC3)nc(C3CC3)nn12. The van der Waals surface area contributed by atoms with Gasteiger partial charge in [0.1, 0.15) is 6.10 Å². The molecule has 1 saturated carbocycles. The summed E-state index contributed by atoms with van der Waals surface area (Å²) in [5.74, 6) is 2.40. The molecule has 0 unspecified atom stereocenters. The van der Waals surface area contributed by atoms with Gasteiger partial charge in [-0.2, -0.15) is 5.10 Å². The van der Waals surface area contributed by atoms with Crippen LogP contribution in [-0.2, 0) is 9.53 Å². The third-order valence-electron chi connectivity index (χ3n) is 7.49. The summed E-state index contributed by atoms with van der Waals surface area (Å²) in [5, 5.41) is 8.40. The molecule has 1 atom stereocenters. The predicted molar refractivity (Wildman–Crippen MR) is 144 cm³/mol. The molecule has 0 spiro atoms. The van der Waals surface area contributed by atoms with E-state index in [1.807, 2.05) is 35.8 Å². The number of anilines is 1. The van der Waals surface area contributed by atoms with Crippen molar-refractivity contribution in [1.29, 1.82) is 0 Å². The molecule has 11 heteroatoms. The van der Waals surface area contributed by atoms with Crippen LogP contribution in [0.25, 0.3) is 5.65 Å². The molecule has 38 heavy (non-hydrogen) atoms. The Morgan fingerprint density at radius 2 is 1.87 bits per heavy atom. The first kappa shape index (κ1) is 26.4. The molecule has 4 heterocycles. The van der Waals surface area contributed by atoms with E-state index in [1.165, 1.54) is 0 Å². The second-order valence-corrected chi connectivity index (χ2v) is 11.3. The van der Waals surface area contributed by atoms with Gasteiger partial charge in [0.2, 0.25) is 5.91 Å². The van der Waals surface area contributed by atoms with E-state index in [4.69, 9.17) is 14.8 Å². The topological polar surface area (TPSA) is 108 Å². The monoisotopic (exact) mass is 524 g/mol. The number of imidazole rings is 1. The fraction of sp³-hybridized carbons (Fsp3) is 0.667. The molecule has 2 aromatic rings.